The molecule has 1 heterocycles. The Morgan fingerprint density at radius 2 is 1.94 bits per heavy atom. The number of rotatable bonds is 6. The minimum absolute atomic E-state index is 0.126. The molecule has 0 N–H and O–H groups in total. The SMILES string of the molecule is O=C1/C(=C\c2cc(Br)ccc2OCc2ccc(Cl)cc2Cl)SC(=S)N1c1cccc([N+](=O)[O-])c1. The molecule has 6 nitrogen and oxygen atoms in total. The number of thioether (sulfide) groups is 1. The first-order valence-corrected chi connectivity index (χ1v) is 12.4. The van der Waals surface area contributed by atoms with Gasteiger partial charge in [0.15, 0.2) is 4.32 Å². The predicted molar refractivity (Wildman–Crippen MR) is 144 cm³/mol. The van der Waals surface area contributed by atoms with E-state index in [1.54, 1.807) is 36.4 Å². The number of nitro groups is 1. The van der Waals surface area contributed by atoms with Crippen LogP contribution >= 0.6 is 63.1 Å². The van der Waals surface area contributed by atoms with Crippen LogP contribution in [-0.4, -0.2) is 15.2 Å². The summed E-state index contributed by atoms with van der Waals surface area (Å²) in [5, 5.41) is 12.1. The van der Waals surface area contributed by atoms with Crippen LogP contribution in [0.15, 0.2) is 70.0 Å². The van der Waals surface area contributed by atoms with Gasteiger partial charge in [0.1, 0.15) is 12.4 Å². The molecule has 0 radical (unpaired) electrons. The number of carbonyl (C=O) groups excluding carboxylic acids is 1. The van der Waals surface area contributed by atoms with Gasteiger partial charge in [0, 0.05) is 37.8 Å². The Kier molecular flexibility index (Phi) is 7.59. The Labute approximate surface area is 222 Å². The van der Waals surface area contributed by atoms with Crippen molar-refractivity contribution >= 4 is 90.8 Å². The number of carbonyl (C=O) groups is 1. The monoisotopic (exact) mass is 594 g/mol. The van der Waals surface area contributed by atoms with Crippen LogP contribution in [0, 0.1) is 10.1 Å². The Morgan fingerprint density at radius 3 is 2.68 bits per heavy atom. The summed E-state index contributed by atoms with van der Waals surface area (Å²) in [7, 11) is 0. The number of nitro benzene ring substituents is 1. The molecular formula is C23H13BrCl2N2O4S2. The number of hydrogen-bond donors (Lipinski definition) is 0. The molecule has 0 bridgehead atoms. The van der Waals surface area contributed by atoms with Gasteiger partial charge in [-0.2, -0.15) is 0 Å². The van der Waals surface area contributed by atoms with Crippen molar-refractivity contribution in [2.24, 2.45) is 0 Å². The molecule has 34 heavy (non-hydrogen) atoms. The van der Waals surface area contributed by atoms with Gasteiger partial charge in [-0.15, -0.1) is 0 Å². The van der Waals surface area contributed by atoms with Crippen LogP contribution in [0.4, 0.5) is 11.4 Å². The van der Waals surface area contributed by atoms with Crippen molar-refractivity contribution < 1.29 is 14.5 Å². The minimum atomic E-state index is -0.519. The normalized spacial score (nSPS) is 14.7. The molecule has 172 valence electrons. The molecule has 0 aromatic heterocycles. The number of non-ortho nitro benzene ring substituents is 1. The second kappa shape index (κ2) is 10.5. The largest absolute Gasteiger partial charge is 0.488 e. The maximum atomic E-state index is 13.2. The highest BCUT2D eigenvalue weighted by molar-refractivity contribution is 9.10. The second-order valence-corrected chi connectivity index (χ2v) is 10.4. The molecule has 0 aliphatic carbocycles. The van der Waals surface area contributed by atoms with Gasteiger partial charge in [-0.05, 0) is 42.5 Å². The summed E-state index contributed by atoms with van der Waals surface area (Å²) >= 11 is 22.2. The first-order valence-electron chi connectivity index (χ1n) is 9.61. The Hall–Kier alpha value is -2.43. The van der Waals surface area contributed by atoms with Crippen LogP contribution in [0.3, 0.4) is 0 Å². The van der Waals surface area contributed by atoms with Crippen LogP contribution in [0.5, 0.6) is 5.75 Å². The Balaban J connectivity index is 1.62. The summed E-state index contributed by atoms with van der Waals surface area (Å²) in [6, 6.07) is 16.4. The lowest BCUT2D eigenvalue weighted by molar-refractivity contribution is -0.384. The number of thiocarbonyl (C=S) groups is 1. The van der Waals surface area contributed by atoms with E-state index in [1.165, 1.54) is 23.1 Å². The molecule has 0 spiro atoms. The lowest BCUT2D eigenvalue weighted by Gasteiger charge is -2.14. The lowest BCUT2D eigenvalue weighted by Crippen LogP contribution is -2.27. The predicted octanol–water partition coefficient (Wildman–Crippen LogP) is 7.65. The van der Waals surface area contributed by atoms with Crippen molar-refractivity contribution in [3.63, 3.8) is 0 Å². The summed E-state index contributed by atoms with van der Waals surface area (Å²) in [6.45, 7) is 0.202. The highest BCUT2D eigenvalue weighted by atomic mass is 79.9. The van der Waals surface area contributed by atoms with Crippen molar-refractivity contribution in [3.8, 4) is 5.75 Å². The van der Waals surface area contributed by atoms with E-state index in [0.29, 0.717) is 32.0 Å². The van der Waals surface area contributed by atoms with Gasteiger partial charge < -0.3 is 4.74 Å². The third kappa shape index (κ3) is 5.45. The summed E-state index contributed by atoms with van der Waals surface area (Å²) in [5.74, 6) is 0.164. The molecular weight excluding hydrogens is 583 g/mol. The molecule has 0 saturated carbocycles. The highest BCUT2D eigenvalue weighted by Gasteiger charge is 2.34. The fourth-order valence-electron chi connectivity index (χ4n) is 3.14. The topological polar surface area (TPSA) is 72.7 Å². The second-order valence-electron chi connectivity index (χ2n) is 7.00. The fraction of sp³-hybridized carbons (Fsp3) is 0.0435. The average molecular weight is 596 g/mol. The van der Waals surface area contributed by atoms with Crippen molar-refractivity contribution in [1.29, 1.82) is 0 Å². The van der Waals surface area contributed by atoms with Gasteiger partial charge >= 0.3 is 0 Å². The molecule has 1 aliphatic rings. The van der Waals surface area contributed by atoms with Crippen molar-refractivity contribution in [2.45, 2.75) is 6.61 Å². The van der Waals surface area contributed by atoms with Gasteiger partial charge in [0.2, 0.25) is 0 Å². The number of amides is 1. The Morgan fingerprint density at radius 1 is 1.15 bits per heavy atom. The van der Waals surface area contributed by atoms with Crippen molar-refractivity contribution in [3.05, 3.63) is 101 Å². The maximum absolute atomic E-state index is 13.2. The molecule has 0 unspecified atom stereocenters. The molecule has 1 saturated heterocycles. The number of ether oxygens (including phenoxy) is 1. The summed E-state index contributed by atoms with van der Waals surface area (Å²) in [5.41, 5.74) is 1.62. The molecule has 1 aliphatic heterocycles. The molecule has 0 atom stereocenters. The van der Waals surface area contributed by atoms with Gasteiger partial charge in [-0.1, -0.05) is 75.2 Å². The average Bonchev–Trinajstić information content (AvgIpc) is 3.07. The van der Waals surface area contributed by atoms with E-state index in [2.05, 4.69) is 15.9 Å². The summed E-state index contributed by atoms with van der Waals surface area (Å²) in [4.78, 5) is 25.4. The quantitative estimate of drug-likeness (QED) is 0.126. The lowest BCUT2D eigenvalue weighted by atomic mass is 10.1. The molecule has 3 aromatic carbocycles. The standard InChI is InChI=1S/C23H13BrCl2N2O4S2/c24-15-5-7-20(32-12-13-4-6-16(25)10-19(13)26)14(8-15)9-21-22(29)27(23(33)34-21)17-2-1-3-18(11-17)28(30)31/h1-11H,12H2/b21-9+. The van der Waals surface area contributed by atoms with Gasteiger partial charge in [0.25, 0.3) is 11.6 Å². The molecule has 1 fully saturated rings. The van der Waals surface area contributed by atoms with Gasteiger partial charge in [-0.3, -0.25) is 19.8 Å². The van der Waals surface area contributed by atoms with Crippen LogP contribution in [0.2, 0.25) is 10.0 Å². The zero-order valence-electron chi connectivity index (χ0n) is 17.0. The minimum Gasteiger partial charge on any atom is -0.488 e. The Bertz CT molecular complexity index is 1370. The van der Waals surface area contributed by atoms with E-state index in [0.717, 1.165) is 21.8 Å². The first-order chi connectivity index (χ1) is 16.2. The van der Waals surface area contributed by atoms with E-state index < -0.39 is 4.92 Å². The number of anilines is 1. The molecule has 1 amide bonds. The fourth-order valence-corrected chi connectivity index (χ4v) is 5.27. The molecule has 4 rings (SSSR count). The van der Waals surface area contributed by atoms with Gasteiger partial charge in [-0.25, -0.2) is 0 Å². The van der Waals surface area contributed by atoms with Gasteiger partial charge in [0.05, 0.1) is 15.5 Å². The number of nitrogens with zero attached hydrogens (tertiary/aromatic N) is 2. The first kappa shape index (κ1) is 24.7. The third-order valence-electron chi connectivity index (χ3n) is 4.75. The highest BCUT2D eigenvalue weighted by Crippen LogP contribution is 2.38. The number of hydrogen-bond acceptors (Lipinski definition) is 6. The maximum Gasteiger partial charge on any atom is 0.271 e. The molecule has 3 aromatic rings. The number of benzene rings is 3. The van der Waals surface area contributed by atoms with E-state index >= 15 is 0 Å². The summed E-state index contributed by atoms with van der Waals surface area (Å²) in [6.07, 6.45) is 1.68. The van der Waals surface area contributed by atoms with Crippen LogP contribution < -0.4 is 9.64 Å². The van der Waals surface area contributed by atoms with E-state index in [1.807, 2.05) is 12.1 Å². The van der Waals surface area contributed by atoms with Crippen LogP contribution in [0.25, 0.3) is 6.08 Å². The smallest absolute Gasteiger partial charge is 0.271 e. The van der Waals surface area contributed by atoms with Crippen molar-refractivity contribution in [1.82, 2.24) is 0 Å². The van der Waals surface area contributed by atoms with E-state index in [4.69, 9.17) is 40.2 Å². The zero-order chi connectivity index (χ0) is 24.4. The number of halogens is 3. The van der Waals surface area contributed by atoms with E-state index in [9.17, 15) is 14.9 Å². The van der Waals surface area contributed by atoms with E-state index in [-0.39, 0.29) is 22.5 Å². The third-order valence-corrected chi connectivity index (χ3v) is 7.13. The molecule has 11 heteroatoms. The van der Waals surface area contributed by atoms with Crippen molar-refractivity contribution in [2.75, 3.05) is 4.90 Å². The van der Waals surface area contributed by atoms with Crippen LogP contribution in [0.1, 0.15) is 11.1 Å². The van der Waals surface area contributed by atoms with Crippen LogP contribution in [-0.2, 0) is 11.4 Å². The zero-order valence-corrected chi connectivity index (χ0v) is 21.8. The summed E-state index contributed by atoms with van der Waals surface area (Å²) < 4.78 is 7.07.